The molecule has 0 unspecified atom stereocenters. The number of rotatable bonds is 4. The van der Waals surface area contributed by atoms with Crippen molar-refractivity contribution in [2.45, 2.75) is 15.8 Å². The normalized spacial score (nSPS) is 14.4. The molecule has 4 nitrogen and oxygen atoms in total. The van der Waals surface area contributed by atoms with E-state index in [1.54, 1.807) is 0 Å². The summed E-state index contributed by atoms with van der Waals surface area (Å²) in [6.07, 6.45) is -4.52. The van der Waals surface area contributed by atoms with Crippen LogP contribution in [0, 0.1) is 0 Å². The molecule has 1 amide bonds. The van der Waals surface area contributed by atoms with Gasteiger partial charge in [-0.25, -0.2) is 0 Å². The van der Waals surface area contributed by atoms with Gasteiger partial charge in [0.15, 0.2) is 0 Å². The molecular weight excluding hydrogens is 411 g/mol. The van der Waals surface area contributed by atoms with Crippen LogP contribution in [0.3, 0.4) is 0 Å². The molecule has 1 aromatic carbocycles. The summed E-state index contributed by atoms with van der Waals surface area (Å²) in [6.45, 7) is 0. The van der Waals surface area contributed by atoms with Gasteiger partial charge in [0.05, 0.1) is 5.56 Å². The maximum absolute atomic E-state index is 12.5. The lowest BCUT2D eigenvalue weighted by molar-refractivity contribution is -0.138. The molecule has 0 radical (unpaired) electrons. The van der Waals surface area contributed by atoms with Crippen LogP contribution in [0.2, 0.25) is 0 Å². The Labute approximate surface area is 128 Å². The van der Waals surface area contributed by atoms with E-state index in [0.29, 0.717) is 0 Å². The summed E-state index contributed by atoms with van der Waals surface area (Å²) in [6, 6.07) is 4.05. The van der Waals surface area contributed by atoms with Gasteiger partial charge in [-0.1, -0.05) is 37.9 Å². The van der Waals surface area contributed by atoms with Gasteiger partial charge >= 0.3 is 12.1 Å². The largest absolute Gasteiger partial charge is 0.480 e. The minimum Gasteiger partial charge on any atom is -0.480 e. The van der Waals surface area contributed by atoms with E-state index in [0.717, 1.165) is 18.2 Å². The average molecular weight is 419 g/mol. The number of amides is 1. The van der Waals surface area contributed by atoms with Crippen LogP contribution in [0.5, 0.6) is 0 Å². The second kappa shape index (κ2) is 6.57. The average Bonchev–Trinajstić information content (AvgIpc) is 2.36. The Morgan fingerprint density at radius 1 is 1.20 bits per heavy atom. The van der Waals surface area contributed by atoms with Gasteiger partial charge in [0.2, 0.25) is 5.91 Å². The molecule has 0 saturated carbocycles. The number of carbonyl (C=O) groups is 2. The van der Waals surface area contributed by atoms with Crippen molar-refractivity contribution in [3.8, 4) is 0 Å². The number of benzene rings is 1. The number of aliphatic carboxylic acids is 1. The van der Waals surface area contributed by atoms with E-state index in [1.807, 2.05) is 0 Å². The van der Waals surface area contributed by atoms with Crippen LogP contribution in [-0.4, -0.2) is 26.6 Å². The number of nitrogens with one attached hydrogen (secondary N) is 1. The summed E-state index contributed by atoms with van der Waals surface area (Å²) in [7, 11) is 0. The molecule has 0 aliphatic rings. The summed E-state index contributed by atoms with van der Waals surface area (Å²) < 4.78 is 37.5. The third-order valence-electron chi connectivity index (χ3n) is 2.20. The second-order valence-electron chi connectivity index (χ2n) is 3.71. The fourth-order valence-electron chi connectivity index (χ4n) is 1.24. The smallest absolute Gasteiger partial charge is 0.416 e. The van der Waals surface area contributed by atoms with Gasteiger partial charge < -0.3 is 10.4 Å². The van der Waals surface area contributed by atoms with Crippen molar-refractivity contribution >= 4 is 49.4 Å². The third-order valence-corrected chi connectivity index (χ3v) is 4.78. The topological polar surface area (TPSA) is 66.4 Å². The highest BCUT2D eigenvalue weighted by atomic mass is 79.9. The van der Waals surface area contributed by atoms with Crippen LogP contribution in [0.25, 0.3) is 0 Å². The van der Waals surface area contributed by atoms with E-state index in [4.69, 9.17) is 5.11 Å². The van der Waals surface area contributed by atoms with Crippen molar-refractivity contribution in [2.75, 3.05) is 5.32 Å². The van der Waals surface area contributed by atoms with Gasteiger partial charge in [0, 0.05) is 5.69 Å². The minimum absolute atomic E-state index is 0.0700. The standard InChI is InChI=1S/C11H8Br2F3NO3/c12-7(8(13)10(19)20)9(18)17-6-3-1-2-5(4-6)11(14,15)16/h1-4,7-8H,(H,17,18)(H,19,20)/t7-,8-/m0/s1. The van der Waals surface area contributed by atoms with Crippen molar-refractivity contribution in [1.29, 1.82) is 0 Å². The number of alkyl halides is 5. The number of hydrogen-bond acceptors (Lipinski definition) is 2. The van der Waals surface area contributed by atoms with Gasteiger partial charge in [0.25, 0.3) is 0 Å². The molecule has 0 aliphatic heterocycles. The number of anilines is 1. The summed E-state index contributed by atoms with van der Waals surface area (Å²) >= 11 is 5.64. The third kappa shape index (κ3) is 4.48. The van der Waals surface area contributed by atoms with Crippen LogP contribution >= 0.6 is 31.9 Å². The van der Waals surface area contributed by atoms with Crippen LogP contribution < -0.4 is 5.32 Å². The molecule has 0 aromatic heterocycles. The number of carboxylic acids is 1. The van der Waals surface area contributed by atoms with E-state index in [-0.39, 0.29) is 5.69 Å². The fraction of sp³-hybridized carbons (Fsp3) is 0.273. The van der Waals surface area contributed by atoms with E-state index < -0.39 is 33.3 Å². The van der Waals surface area contributed by atoms with Gasteiger partial charge in [-0.2, -0.15) is 13.2 Å². The molecule has 0 bridgehead atoms. The van der Waals surface area contributed by atoms with Crippen LogP contribution in [0.15, 0.2) is 24.3 Å². The molecule has 110 valence electrons. The lowest BCUT2D eigenvalue weighted by Crippen LogP contribution is -2.34. The predicted octanol–water partition coefficient (Wildman–Crippen LogP) is 3.26. The predicted molar refractivity (Wildman–Crippen MR) is 73.1 cm³/mol. The van der Waals surface area contributed by atoms with Crippen molar-refractivity contribution in [2.24, 2.45) is 0 Å². The zero-order valence-electron chi connectivity index (χ0n) is 9.62. The van der Waals surface area contributed by atoms with Crippen LogP contribution in [0.1, 0.15) is 5.56 Å². The van der Waals surface area contributed by atoms with Gasteiger partial charge in [-0.3, -0.25) is 9.59 Å². The monoisotopic (exact) mass is 417 g/mol. The quantitative estimate of drug-likeness (QED) is 0.737. The highest BCUT2D eigenvalue weighted by Gasteiger charge is 2.32. The molecule has 0 heterocycles. The molecule has 2 N–H and O–H groups in total. The molecule has 0 saturated heterocycles. The van der Waals surface area contributed by atoms with Crippen molar-refractivity contribution < 1.29 is 27.9 Å². The molecule has 0 fully saturated rings. The summed E-state index contributed by atoms with van der Waals surface area (Å²) in [5, 5.41) is 10.9. The van der Waals surface area contributed by atoms with Crippen molar-refractivity contribution in [3.63, 3.8) is 0 Å². The maximum atomic E-state index is 12.5. The summed E-state index contributed by atoms with van der Waals surface area (Å²) in [5.41, 5.74) is -0.977. The molecular formula is C11H8Br2F3NO3. The van der Waals surface area contributed by atoms with Crippen LogP contribution in [-0.2, 0) is 15.8 Å². The zero-order valence-corrected chi connectivity index (χ0v) is 12.8. The van der Waals surface area contributed by atoms with E-state index >= 15 is 0 Å². The Hall–Kier alpha value is -1.09. The Balaban J connectivity index is 2.84. The first-order chi connectivity index (χ1) is 9.12. The highest BCUT2D eigenvalue weighted by Crippen LogP contribution is 2.30. The molecule has 0 aliphatic carbocycles. The summed E-state index contributed by atoms with van der Waals surface area (Å²) in [5.74, 6) is -2.04. The Morgan fingerprint density at radius 2 is 1.80 bits per heavy atom. The first kappa shape index (κ1) is 17.0. The number of halogens is 5. The fourth-order valence-corrected chi connectivity index (χ4v) is 1.82. The minimum atomic E-state index is -4.52. The lowest BCUT2D eigenvalue weighted by Gasteiger charge is -2.14. The van der Waals surface area contributed by atoms with Crippen molar-refractivity contribution in [1.82, 2.24) is 0 Å². The Bertz CT molecular complexity index is 522. The second-order valence-corrected chi connectivity index (χ2v) is 5.68. The maximum Gasteiger partial charge on any atom is 0.416 e. The Kier molecular flexibility index (Phi) is 5.58. The molecule has 1 aromatic rings. The SMILES string of the molecule is O=C(O)[C@@H](Br)[C@H](Br)C(=O)Nc1cccc(C(F)(F)F)c1. The summed E-state index contributed by atoms with van der Waals surface area (Å²) in [4.78, 5) is 20.0. The number of carbonyl (C=O) groups excluding carboxylic acids is 1. The molecule has 1 rings (SSSR count). The first-order valence-electron chi connectivity index (χ1n) is 5.12. The molecule has 0 spiro atoms. The zero-order chi connectivity index (χ0) is 15.5. The molecule has 2 atom stereocenters. The van der Waals surface area contributed by atoms with Crippen molar-refractivity contribution in [3.05, 3.63) is 29.8 Å². The van der Waals surface area contributed by atoms with Gasteiger partial charge in [0.1, 0.15) is 9.65 Å². The van der Waals surface area contributed by atoms with Crippen LogP contribution in [0.4, 0.5) is 18.9 Å². The molecule has 20 heavy (non-hydrogen) atoms. The Morgan fingerprint density at radius 3 is 2.30 bits per heavy atom. The lowest BCUT2D eigenvalue weighted by atomic mass is 10.2. The van der Waals surface area contributed by atoms with Gasteiger partial charge in [-0.05, 0) is 18.2 Å². The molecule has 9 heteroatoms. The highest BCUT2D eigenvalue weighted by molar-refractivity contribution is 9.12. The van der Waals surface area contributed by atoms with E-state index in [9.17, 15) is 22.8 Å². The van der Waals surface area contributed by atoms with E-state index in [2.05, 4.69) is 37.2 Å². The van der Waals surface area contributed by atoms with Gasteiger partial charge in [-0.15, -0.1) is 0 Å². The number of hydrogen-bond donors (Lipinski definition) is 2. The van der Waals surface area contributed by atoms with E-state index in [1.165, 1.54) is 6.07 Å². The first-order valence-corrected chi connectivity index (χ1v) is 6.95. The number of carboxylic acid groups (broad SMARTS) is 1.